The first-order valence-electron chi connectivity index (χ1n) is 9.11. The molecule has 2 amide bonds. The Morgan fingerprint density at radius 1 is 0.826 bits per heavy atom. The van der Waals surface area contributed by atoms with Crippen LogP contribution in [0.15, 0.2) is 24.8 Å². The van der Waals surface area contributed by atoms with Crippen LogP contribution >= 0.6 is 0 Å². The Morgan fingerprint density at radius 2 is 1.26 bits per heavy atom. The second kappa shape index (κ2) is 8.99. The number of carbonyl (C=O) groups is 1. The van der Waals surface area contributed by atoms with Crippen molar-refractivity contribution in [2.75, 3.05) is 19.6 Å². The fourth-order valence-electron chi connectivity index (χ4n) is 2.71. The molecule has 23 heavy (non-hydrogen) atoms. The molecule has 2 atom stereocenters. The summed E-state index contributed by atoms with van der Waals surface area (Å²) in [6.45, 7) is 21.5. The van der Waals surface area contributed by atoms with Crippen LogP contribution in [0.4, 0.5) is 4.79 Å². The molecule has 1 rings (SSSR count). The predicted molar refractivity (Wildman–Crippen MR) is 97.6 cm³/mol. The van der Waals surface area contributed by atoms with Gasteiger partial charge >= 0.3 is 6.03 Å². The van der Waals surface area contributed by atoms with Crippen LogP contribution in [-0.2, 0) is 0 Å². The van der Waals surface area contributed by atoms with Crippen LogP contribution in [0.3, 0.4) is 0 Å². The summed E-state index contributed by atoms with van der Waals surface area (Å²) in [6.07, 6.45) is 4.39. The van der Waals surface area contributed by atoms with Crippen molar-refractivity contribution in [2.24, 2.45) is 11.8 Å². The molecule has 0 aromatic carbocycles. The molecule has 4 nitrogen and oxygen atoms in total. The van der Waals surface area contributed by atoms with E-state index in [0.29, 0.717) is 18.4 Å². The molecule has 0 bridgehead atoms. The largest absolute Gasteiger partial charge is 0.331 e. The Kier molecular flexibility index (Phi) is 7.66. The average molecular weight is 322 g/mol. The zero-order valence-electron chi connectivity index (χ0n) is 15.8. The van der Waals surface area contributed by atoms with Crippen molar-refractivity contribution < 1.29 is 4.79 Å². The third kappa shape index (κ3) is 4.76. The molecule has 0 N–H and O–H groups in total. The van der Waals surface area contributed by atoms with Gasteiger partial charge in [-0.3, -0.25) is 9.80 Å². The van der Waals surface area contributed by atoms with Gasteiger partial charge in [0.25, 0.3) is 0 Å². The Balaban J connectivity index is 2.86. The molecule has 2 unspecified atom stereocenters. The van der Waals surface area contributed by atoms with Gasteiger partial charge in [-0.15, -0.1) is 0 Å². The molecule has 132 valence electrons. The van der Waals surface area contributed by atoms with Gasteiger partial charge in [0.15, 0.2) is 0 Å². The molecule has 0 saturated carbocycles. The van der Waals surface area contributed by atoms with Crippen LogP contribution in [-0.4, -0.2) is 40.4 Å². The van der Waals surface area contributed by atoms with E-state index in [4.69, 9.17) is 0 Å². The van der Waals surface area contributed by atoms with Gasteiger partial charge in [-0.25, -0.2) is 4.79 Å². The number of urea groups is 1. The minimum atomic E-state index is 0.0191. The zero-order valence-corrected chi connectivity index (χ0v) is 15.8. The summed E-state index contributed by atoms with van der Waals surface area (Å²) in [4.78, 5) is 18.4. The molecule has 1 aliphatic heterocycles. The molecule has 0 spiro atoms. The molecule has 1 saturated heterocycles. The van der Waals surface area contributed by atoms with Crippen LogP contribution in [0.2, 0.25) is 0 Å². The minimum absolute atomic E-state index is 0.0191. The van der Waals surface area contributed by atoms with E-state index in [0.717, 1.165) is 44.0 Å². The van der Waals surface area contributed by atoms with Crippen molar-refractivity contribution in [1.29, 1.82) is 0 Å². The molecule has 1 heterocycles. The van der Waals surface area contributed by atoms with Crippen LogP contribution in [0.5, 0.6) is 0 Å². The van der Waals surface area contributed by atoms with E-state index in [-0.39, 0.29) is 6.03 Å². The Bertz CT molecular complexity index is 396. The van der Waals surface area contributed by atoms with Gasteiger partial charge in [-0.05, 0) is 31.6 Å². The monoisotopic (exact) mass is 321 g/mol. The van der Waals surface area contributed by atoms with Crippen LogP contribution in [0.1, 0.15) is 60.3 Å². The predicted octanol–water partition coefficient (Wildman–Crippen LogP) is 4.86. The van der Waals surface area contributed by atoms with E-state index in [9.17, 15) is 4.79 Å². The molecule has 4 heteroatoms. The van der Waals surface area contributed by atoms with Crippen molar-refractivity contribution in [2.45, 2.75) is 60.3 Å². The van der Waals surface area contributed by atoms with Gasteiger partial charge in [0.1, 0.15) is 11.6 Å². The normalized spacial score (nSPS) is 18.7. The fourth-order valence-corrected chi connectivity index (χ4v) is 2.71. The lowest BCUT2D eigenvalue weighted by Gasteiger charge is -2.45. The summed E-state index contributed by atoms with van der Waals surface area (Å²) in [5.74, 6) is 2.84. The summed E-state index contributed by atoms with van der Waals surface area (Å²) < 4.78 is 0. The van der Waals surface area contributed by atoms with Crippen molar-refractivity contribution in [3.05, 3.63) is 24.8 Å². The zero-order chi connectivity index (χ0) is 17.6. The van der Waals surface area contributed by atoms with E-state index in [1.807, 2.05) is 11.8 Å². The van der Waals surface area contributed by atoms with Crippen LogP contribution in [0.25, 0.3) is 0 Å². The molecular weight excluding hydrogens is 286 g/mol. The maximum atomic E-state index is 12.7. The second-order valence-electron chi connectivity index (χ2n) is 6.77. The highest BCUT2D eigenvalue weighted by molar-refractivity contribution is 5.79. The first kappa shape index (κ1) is 19.6. The third-order valence-corrected chi connectivity index (χ3v) is 5.11. The highest BCUT2D eigenvalue weighted by Gasteiger charge is 2.35. The fraction of sp³-hybridized carbons (Fsp3) is 0.737. The second-order valence-corrected chi connectivity index (χ2v) is 6.77. The van der Waals surface area contributed by atoms with Crippen LogP contribution in [0, 0.1) is 11.8 Å². The number of carbonyl (C=O) groups excluding carboxylic acids is 1. The lowest BCUT2D eigenvalue weighted by Crippen LogP contribution is -2.54. The number of hydrogen-bond acceptors (Lipinski definition) is 2. The summed E-state index contributed by atoms with van der Waals surface area (Å²) in [6, 6.07) is 0.0191. The number of amides is 2. The Morgan fingerprint density at radius 3 is 1.70 bits per heavy atom. The molecule has 0 radical (unpaired) electrons. The number of rotatable bonds is 9. The first-order chi connectivity index (χ1) is 10.9. The van der Waals surface area contributed by atoms with Gasteiger partial charge in [0.05, 0.1) is 0 Å². The maximum Gasteiger partial charge on any atom is 0.331 e. The lowest BCUT2D eigenvalue weighted by atomic mass is 10.0. The smallest absolute Gasteiger partial charge is 0.315 e. The SMILES string of the molecule is C=C1N(CCC(C)CC)C(=C)N(CCC(C)CC)C(=O)N1CC. The van der Waals surface area contributed by atoms with E-state index in [1.165, 1.54) is 6.42 Å². The topological polar surface area (TPSA) is 26.8 Å². The van der Waals surface area contributed by atoms with Crippen molar-refractivity contribution in [1.82, 2.24) is 14.7 Å². The lowest BCUT2D eigenvalue weighted by molar-refractivity contribution is 0.113. The Labute approximate surface area is 142 Å². The minimum Gasteiger partial charge on any atom is -0.315 e. The van der Waals surface area contributed by atoms with E-state index < -0.39 is 0 Å². The van der Waals surface area contributed by atoms with Crippen molar-refractivity contribution in [3.63, 3.8) is 0 Å². The average Bonchev–Trinajstić information content (AvgIpc) is 2.54. The van der Waals surface area contributed by atoms with Gasteiger partial charge in [0, 0.05) is 19.6 Å². The molecule has 1 fully saturated rings. The highest BCUT2D eigenvalue weighted by Crippen LogP contribution is 2.28. The standard InChI is InChI=1S/C19H35N3O/c1-8-15(4)11-13-21-17(6)20(10-3)19(23)22(18(21)7)14-12-16(5)9-2/h15-16H,6-14H2,1-5H3. The van der Waals surface area contributed by atoms with Gasteiger partial charge < -0.3 is 4.90 Å². The molecular formula is C19H35N3O. The summed E-state index contributed by atoms with van der Waals surface area (Å²) in [7, 11) is 0. The van der Waals surface area contributed by atoms with Crippen molar-refractivity contribution >= 4 is 6.03 Å². The van der Waals surface area contributed by atoms with Crippen molar-refractivity contribution in [3.8, 4) is 0 Å². The summed E-state index contributed by atoms with van der Waals surface area (Å²) >= 11 is 0. The molecule has 0 aliphatic carbocycles. The highest BCUT2D eigenvalue weighted by atomic mass is 16.2. The van der Waals surface area contributed by atoms with Gasteiger partial charge in [-0.2, -0.15) is 0 Å². The van der Waals surface area contributed by atoms with Gasteiger partial charge in [-0.1, -0.05) is 53.7 Å². The quantitative estimate of drug-likeness (QED) is 0.606. The van der Waals surface area contributed by atoms with Gasteiger partial charge in [0.2, 0.25) is 0 Å². The molecule has 0 aromatic heterocycles. The van der Waals surface area contributed by atoms with E-state index in [2.05, 4.69) is 45.8 Å². The Hall–Kier alpha value is -1.45. The first-order valence-corrected chi connectivity index (χ1v) is 9.11. The maximum absolute atomic E-state index is 12.7. The number of nitrogens with zero attached hydrogens (tertiary/aromatic N) is 3. The molecule has 0 aromatic rings. The third-order valence-electron chi connectivity index (χ3n) is 5.11. The summed E-state index contributed by atoms with van der Waals surface area (Å²) in [5, 5.41) is 0. The van der Waals surface area contributed by atoms with E-state index >= 15 is 0 Å². The van der Waals surface area contributed by atoms with Crippen LogP contribution < -0.4 is 0 Å². The van der Waals surface area contributed by atoms with E-state index in [1.54, 1.807) is 4.90 Å². The summed E-state index contributed by atoms with van der Waals surface area (Å²) in [5.41, 5.74) is 0. The number of hydrogen-bond donors (Lipinski definition) is 0. The molecule has 1 aliphatic rings.